The number of aliphatic hydroxyl groups is 1. The summed E-state index contributed by atoms with van der Waals surface area (Å²) in [5, 5.41) is 12.0. The molecule has 6 atom stereocenters. The molecule has 5 heteroatoms. The molecule has 4 nitrogen and oxygen atoms in total. The van der Waals surface area contributed by atoms with Crippen LogP contribution in [0.3, 0.4) is 0 Å². The quantitative estimate of drug-likeness (QED) is 0.317. The highest BCUT2D eigenvalue weighted by Crippen LogP contribution is 2.42. The van der Waals surface area contributed by atoms with E-state index < -0.39 is 11.7 Å². The summed E-state index contributed by atoms with van der Waals surface area (Å²) in [7, 11) is 0. The molecule has 1 fully saturated rings. The van der Waals surface area contributed by atoms with Gasteiger partial charge in [-0.3, -0.25) is 0 Å². The number of benzene rings is 3. The van der Waals surface area contributed by atoms with Crippen LogP contribution >= 0.6 is 15.9 Å². The third kappa shape index (κ3) is 6.27. The summed E-state index contributed by atoms with van der Waals surface area (Å²) < 4.78 is 20.3. The zero-order chi connectivity index (χ0) is 25.7. The Labute approximate surface area is 223 Å². The molecule has 0 radical (unpaired) electrons. The molecule has 0 saturated carbocycles. The molecular weight excluding hydrogens is 516 g/mol. The van der Waals surface area contributed by atoms with Crippen LogP contribution in [0.5, 0.6) is 0 Å². The van der Waals surface area contributed by atoms with Gasteiger partial charge in [-0.25, -0.2) is 0 Å². The molecule has 3 unspecified atom stereocenters. The van der Waals surface area contributed by atoms with E-state index in [-0.39, 0.29) is 24.0 Å². The van der Waals surface area contributed by atoms with Crippen LogP contribution in [-0.4, -0.2) is 30.0 Å². The van der Waals surface area contributed by atoms with E-state index in [1.165, 1.54) is 0 Å². The van der Waals surface area contributed by atoms with Gasteiger partial charge in [-0.15, -0.1) is 0 Å². The Morgan fingerprint density at radius 1 is 0.889 bits per heavy atom. The molecular formula is C31H37BrO4. The van der Waals surface area contributed by atoms with E-state index in [2.05, 4.69) is 54.0 Å². The minimum Gasteiger partial charge on any atom is -0.383 e. The maximum Gasteiger partial charge on any atom is 0.117 e. The lowest BCUT2D eigenvalue weighted by Crippen LogP contribution is -2.59. The summed E-state index contributed by atoms with van der Waals surface area (Å²) in [6.07, 6.45) is -1.01. The molecule has 192 valence electrons. The van der Waals surface area contributed by atoms with Gasteiger partial charge in [-0.1, -0.05) is 96.5 Å². The van der Waals surface area contributed by atoms with Crippen LogP contribution in [0.25, 0.3) is 0 Å². The van der Waals surface area contributed by atoms with Gasteiger partial charge in [0, 0.05) is 4.47 Å². The standard InChI is InChI=1S/C31H37BrO4/c1-21-17-26(32)15-16-27(21)31(4,33)30-29(35-19-25-13-9-6-10-14-25)23(3)22(2)28(36-30)20-34-18-24-11-7-5-8-12-24/h5-17,22-23,28-30,33H,18-20H2,1-4H3/t22-,23-,28?,29?,30-,31?/m0/s1. The van der Waals surface area contributed by atoms with Crippen molar-refractivity contribution in [2.75, 3.05) is 6.61 Å². The van der Waals surface area contributed by atoms with E-state index in [4.69, 9.17) is 14.2 Å². The summed E-state index contributed by atoms with van der Waals surface area (Å²) in [6, 6.07) is 26.3. The third-order valence-corrected chi connectivity index (χ3v) is 8.01. The molecule has 1 aliphatic heterocycles. The van der Waals surface area contributed by atoms with E-state index in [0.717, 1.165) is 26.7 Å². The number of aryl methyl sites for hydroxylation is 1. The van der Waals surface area contributed by atoms with Crippen LogP contribution in [-0.2, 0) is 33.0 Å². The average molecular weight is 554 g/mol. The first kappa shape index (κ1) is 27.0. The SMILES string of the molecule is Cc1cc(Br)ccc1C(C)(O)[C@H]1OC(COCc2ccccc2)[C@@H](C)[C@H](C)C1OCc1ccccc1. The van der Waals surface area contributed by atoms with Crippen molar-refractivity contribution in [2.45, 2.75) is 64.8 Å². The van der Waals surface area contributed by atoms with Crippen LogP contribution in [0.1, 0.15) is 43.0 Å². The predicted octanol–water partition coefficient (Wildman–Crippen LogP) is 6.81. The van der Waals surface area contributed by atoms with E-state index >= 15 is 0 Å². The molecule has 3 aromatic carbocycles. The predicted molar refractivity (Wildman–Crippen MR) is 147 cm³/mol. The molecule has 3 aromatic rings. The van der Waals surface area contributed by atoms with Crippen LogP contribution in [0.4, 0.5) is 0 Å². The van der Waals surface area contributed by atoms with Gasteiger partial charge in [0.25, 0.3) is 0 Å². The molecule has 0 spiro atoms. The Bertz CT molecular complexity index is 1100. The first-order chi connectivity index (χ1) is 17.3. The van der Waals surface area contributed by atoms with Crippen molar-refractivity contribution < 1.29 is 19.3 Å². The van der Waals surface area contributed by atoms with Gasteiger partial charge < -0.3 is 19.3 Å². The zero-order valence-electron chi connectivity index (χ0n) is 21.6. The smallest absolute Gasteiger partial charge is 0.117 e. The van der Waals surface area contributed by atoms with Crippen molar-refractivity contribution in [1.29, 1.82) is 0 Å². The highest BCUT2D eigenvalue weighted by Gasteiger charge is 2.50. The Morgan fingerprint density at radius 3 is 2.11 bits per heavy atom. The van der Waals surface area contributed by atoms with Crippen molar-refractivity contribution >= 4 is 15.9 Å². The minimum absolute atomic E-state index is 0.153. The van der Waals surface area contributed by atoms with Gasteiger partial charge in [0.2, 0.25) is 0 Å². The molecule has 4 rings (SSSR count). The van der Waals surface area contributed by atoms with Crippen LogP contribution in [0, 0.1) is 18.8 Å². The molecule has 0 aliphatic carbocycles. The number of ether oxygens (including phenoxy) is 3. The maximum atomic E-state index is 12.0. The molecule has 1 N–H and O–H groups in total. The van der Waals surface area contributed by atoms with E-state index in [9.17, 15) is 5.11 Å². The van der Waals surface area contributed by atoms with E-state index in [1.807, 2.05) is 68.4 Å². The molecule has 36 heavy (non-hydrogen) atoms. The molecule has 0 aromatic heterocycles. The normalized spacial score (nSPS) is 25.9. The monoisotopic (exact) mass is 552 g/mol. The van der Waals surface area contributed by atoms with Crippen molar-refractivity contribution in [3.05, 3.63) is 106 Å². The van der Waals surface area contributed by atoms with Crippen LogP contribution in [0.15, 0.2) is 83.3 Å². The highest BCUT2D eigenvalue weighted by molar-refractivity contribution is 9.10. The van der Waals surface area contributed by atoms with Gasteiger partial charge in [-0.2, -0.15) is 0 Å². The number of hydrogen-bond donors (Lipinski definition) is 1. The van der Waals surface area contributed by atoms with E-state index in [0.29, 0.717) is 19.8 Å². The van der Waals surface area contributed by atoms with Crippen molar-refractivity contribution in [2.24, 2.45) is 11.8 Å². The summed E-state index contributed by atoms with van der Waals surface area (Å²) in [5.41, 5.74) is 2.83. The summed E-state index contributed by atoms with van der Waals surface area (Å²) in [6.45, 7) is 9.70. The Hall–Kier alpha value is -2.02. The highest BCUT2D eigenvalue weighted by atomic mass is 79.9. The van der Waals surface area contributed by atoms with Crippen LogP contribution < -0.4 is 0 Å². The fourth-order valence-electron chi connectivity index (χ4n) is 5.17. The Kier molecular flexibility index (Phi) is 9.02. The molecule has 1 saturated heterocycles. The first-order valence-corrected chi connectivity index (χ1v) is 13.5. The summed E-state index contributed by atoms with van der Waals surface area (Å²) in [5.74, 6) is 0.347. The zero-order valence-corrected chi connectivity index (χ0v) is 23.1. The van der Waals surface area contributed by atoms with Crippen LogP contribution in [0.2, 0.25) is 0 Å². The maximum absolute atomic E-state index is 12.0. The molecule has 1 aliphatic rings. The fourth-order valence-corrected chi connectivity index (χ4v) is 5.64. The lowest BCUT2D eigenvalue weighted by molar-refractivity contribution is -0.254. The van der Waals surface area contributed by atoms with Gasteiger partial charge in [0.05, 0.1) is 32.0 Å². The second-order valence-electron chi connectivity index (χ2n) is 10.2. The lowest BCUT2D eigenvalue weighted by Gasteiger charge is -2.49. The molecule has 1 heterocycles. The van der Waals surface area contributed by atoms with Crippen molar-refractivity contribution in [1.82, 2.24) is 0 Å². The summed E-state index contributed by atoms with van der Waals surface area (Å²) >= 11 is 3.54. The number of rotatable bonds is 9. The minimum atomic E-state index is -1.25. The topological polar surface area (TPSA) is 47.9 Å². The van der Waals surface area contributed by atoms with Gasteiger partial charge in [0.1, 0.15) is 11.7 Å². The van der Waals surface area contributed by atoms with Gasteiger partial charge in [-0.05, 0) is 60.1 Å². The second kappa shape index (κ2) is 12.0. The van der Waals surface area contributed by atoms with Crippen molar-refractivity contribution in [3.63, 3.8) is 0 Å². The first-order valence-electron chi connectivity index (χ1n) is 12.7. The second-order valence-corrected chi connectivity index (χ2v) is 11.1. The lowest BCUT2D eigenvalue weighted by atomic mass is 9.74. The fraction of sp³-hybridized carbons (Fsp3) is 0.419. The molecule has 0 bridgehead atoms. The largest absolute Gasteiger partial charge is 0.383 e. The number of halogens is 1. The van der Waals surface area contributed by atoms with Gasteiger partial charge >= 0.3 is 0 Å². The van der Waals surface area contributed by atoms with E-state index in [1.54, 1.807) is 0 Å². The average Bonchev–Trinajstić information content (AvgIpc) is 2.87. The Balaban J connectivity index is 1.57. The number of hydrogen-bond acceptors (Lipinski definition) is 4. The Morgan fingerprint density at radius 2 is 1.50 bits per heavy atom. The molecule has 0 amide bonds. The van der Waals surface area contributed by atoms with Gasteiger partial charge in [0.15, 0.2) is 0 Å². The third-order valence-electron chi connectivity index (χ3n) is 7.52. The van der Waals surface area contributed by atoms with Crippen molar-refractivity contribution in [3.8, 4) is 0 Å². The summed E-state index contributed by atoms with van der Waals surface area (Å²) in [4.78, 5) is 0.